The topological polar surface area (TPSA) is 70.6 Å². The first-order chi connectivity index (χ1) is 18.5. The average Bonchev–Trinajstić information content (AvgIpc) is 2.95. The van der Waals surface area contributed by atoms with Gasteiger partial charge in [0.25, 0.3) is 0 Å². The van der Waals surface area contributed by atoms with Crippen LogP contribution in [-0.2, 0) is 6.42 Å². The van der Waals surface area contributed by atoms with Gasteiger partial charge < -0.3 is 19.9 Å². The Morgan fingerprint density at radius 1 is 0.895 bits per heavy atom. The summed E-state index contributed by atoms with van der Waals surface area (Å²) in [4.78, 5) is 27.1. The van der Waals surface area contributed by atoms with E-state index in [1.807, 2.05) is 41.3 Å². The third kappa shape index (κ3) is 5.78. The quantitative estimate of drug-likeness (QED) is 0.362. The molecule has 1 aliphatic rings. The van der Waals surface area contributed by atoms with Gasteiger partial charge in [0.05, 0.1) is 7.11 Å². The van der Waals surface area contributed by atoms with Crippen molar-refractivity contribution >= 4 is 17.5 Å². The van der Waals surface area contributed by atoms with Crippen LogP contribution in [-0.4, -0.2) is 54.2 Å². The molecule has 4 aromatic rings. The van der Waals surface area contributed by atoms with Gasteiger partial charge in [-0.15, -0.1) is 0 Å². The summed E-state index contributed by atoms with van der Waals surface area (Å²) in [7, 11) is 1.62. The molecule has 0 radical (unpaired) electrons. The molecule has 1 N–H and O–H groups in total. The zero-order valence-electron chi connectivity index (χ0n) is 22.1. The Hall–Kier alpha value is -4.39. The number of nitrogens with one attached hydrogen (secondary N) is 1. The Balaban J connectivity index is 1.38. The number of carbonyl (C=O) groups is 1. The van der Waals surface area contributed by atoms with Gasteiger partial charge in [0.1, 0.15) is 11.6 Å². The van der Waals surface area contributed by atoms with Gasteiger partial charge in [-0.25, -0.2) is 14.8 Å². The second kappa shape index (κ2) is 11.3. The van der Waals surface area contributed by atoms with Gasteiger partial charge in [0.2, 0.25) is 0 Å². The van der Waals surface area contributed by atoms with E-state index in [0.29, 0.717) is 31.9 Å². The number of piperazine rings is 1. The third-order valence-corrected chi connectivity index (χ3v) is 6.88. The second-order valence-electron chi connectivity index (χ2n) is 9.60. The molecule has 0 bridgehead atoms. The van der Waals surface area contributed by atoms with Crippen LogP contribution >= 0.6 is 0 Å². The van der Waals surface area contributed by atoms with E-state index in [2.05, 4.69) is 66.5 Å². The van der Waals surface area contributed by atoms with E-state index in [1.165, 1.54) is 11.1 Å². The standard InChI is InChI=1S/C31H33N5O2/c1-22-9-7-12-25(19-22)29-32-23(2)28(20-24-10-5-4-6-11-24)30(34-29)35-15-17-36(18-16-35)31(37)33-26-13-8-14-27(21-26)38-3/h4-14,19,21H,15-18,20H2,1-3H3,(H,33,37). The van der Waals surface area contributed by atoms with Gasteiger partial charge in [-0.3, -0.25) is 0 Å². The minimum absolute atomic E-state index is 0.110. The zero-order chi connectivity index (χ0) is 26.5. The lowest BCUT2D eigenvalue weighted by molar-refractivity contribution is 0.208. The minimum atomic E-state index is -0.110. The summed E-state index contributed by atoms with van der Waals surface area (Å²) in [5, 5.41) is 2.99. The molecule has 1 saturated heterocycles. The molecular weight excluding hydrogens is 474 g/mol. The van der Waals surface area contributed by atoms with Gasteiger partial charge in [0, 0.05) is 61.2 Å². The molecule has 1 aliphatic heterocycles. The fraction of sp³-hybridized carbons (Fsp3) is 0.258. The van der Waals surface area contributed by atoms with Crippen molar-refractivity contribution in [3.8, 4) is 17.1 Å². The highest BCUT2D eigenvalue weighted by atomic mass is 16.5. The van der Waals surface area contributed by atoms with E-state index < -0.39 is 0 Å². The molecule has 1 aromatic heterocycles. The Kier molecular flexibility index (Phi) is 7.54. The lowest BCUT2D eigenvalue weighted by Crippen LogP contribution is -2.50. The molecule has 194 valence electrons. The number of nitrogens with zero attached hydrogens (tertiary/aromatic N) is 4. The SMILES string of the molecule is COc1cccc(NC(=O)N2CCN(c3nc(-c4cccc(C)c4)nc(C)c3Cc3ccccc3)CC2)c1. The minimum Gasteiger partial charge on any atom is -0.497 e. The largest absolute Gasteiger partial charge is 0.497 e. The summed E-state index contributed by atoms with van der Waals surface area (Å²) in [6, 6.07) is 26.0. The number of carbonyl (C=O) groups excluding carboxylic acids is 1. The smallest absolute Gasteiger partial charge is 0.321 e. The van der Waals surface area contributed by atoms with E-state index in [-0.39, 0.29) is 6.03 Å². The molecule has 2 amide bonds. The maximum Gasteiger partial charge on any atom is 0.321 e. The monoisotopic (exact) mass is 507 g/mol. The number of anilines is 2. The number of urea groups is 1. The third-order valence-electron chi connectivity index (χ3n) is 6.88. The van der Waals surface area contributed by atoms with E-state index in [0.717, 1.165) is 40.6 Å². The number of aromatic nitrogens is 2. The number of rotatable bonds is 6. The zero-order valence-corrected chi connectivity index (χ0v) is 22.1. The fourth-order valence-corrected chi connectivity index (χ4v) is 4.79. The van der Waals surface area contributed by atoms with Crippen LogP contribution in [0.4, 0.5) is 16.3 Å². The van der Waals surface area contributed by atoms with Crippen LogP contribution in [0.2, 0.25) is 0 Å². The molecule has 0 atom stereocenters. The molecule has 1 fully saturated rings. The molecule has 0 aliphatic carbocycles. The van der Waals surface area contributed by atoms with Gasteiger partial charge in [-0.2, -0.15) is 0 Å². The maximum absolute atomic E-state index is 13.0. The van der Waals surface area contributed by atoms with Crippen LogP contribution in [0.1, 0.15) is 22.4 Å². The highest BCUT2D eigenvalue weighted by Crippen LogP contribution is 2.29. The normalized spacial score (nSPS) is 13.3. The van der Waals surface area contributed by atoms with Gasteiger partial charge in [0.15, 0.2) is 5.82 Å². The van der Waals surface area contributed by atoms with Crippen molar-refractivity contribution in [1.82, 2.24) is 14.9 Å². The molecule has 5 rings (SSSR count). The number of ether oxygens (including phenoxy) is 1. The number of hydrogen-bond acceptors (Lipinski definition) is 5. The highest BCUT2D eigenvalue weighted by molar-refractivity contribution is 5.89. The van der Waals surface area contributed by atoms with Crippen LogP contribution in [0.15, 0.2) is 78.9 Å². The van der Waals surface area contributed by atoms with Crippen LogP contribution in [0.3, 0.4) is 0 Å². The fourth-order valence-electron chi connectivity index (χ4n) is 4.79. The van der Waals surface area contributed by atoms with Crippen LogP contribution in [0, 0.1) is 13.8 Å². The van der Waals surface area contributed by atoms with Crippen molar-refractivity contribution in [2.45, 2.75) is 20.3 Å². The molecule has 7 heteroatoms. The highest BCUT2D eigenvalue weighted by Gasteiger charge is 2.25. The summed E-state index contributed by atoms with van der Waals surface area (Å²) < 4.78 is 5.27. The van der Waals surface area contributed by atoms with E-state index in [9.17, 15) is 4.79 Å². The Bertz CT molecular complexity index is 1420. The predicted molar refractivity (Wildman–Crippen MR) is 152 cm³/mol. The van der Waals surface area contributed by atoms with Crippen molar-refractivity contribution in [2.24, 2.45) is 0 Å². The lowest BCUT2D eigenvalue weighted by atomic mass is 10.0. The number of aryl methyl sites for hydroxylation is 2. The summed E-state index contributed by atoms with van der Waals surface area (Å²) >= 11 is 0. The number of benzene rings is 3. The predicted octanol–water partition coefficient (Wildman–Crippen LogP) is 5.71. The molecule has 7 nitrogen and oxygen atoms in total. The van der Waals surface area contributed by atoms with Crippen molar-refractivity contribution in [2.75, 3.05) is 43.5 Å². The first-order valence-electron chi connectivity index (χ1n) is 12.9. The molecule has 0 unspecified atom stereocenters. The summed E-state index contributed by atoms with van der Waals surface area (Å²) in [5.74, 6) is 2.39. The molecule has 0 saturated carbocycles. The van der Waals surface area contributed by atoms with Crippen LogP contribution in [0.25, 0.3) is 11.4 Å². The molecule has 3 aromatic carbocycles. The number of methoxy groups -OCH3 is 1. The van der Waals surface area contributed by atoms with Crippen molar-refractivity contribution in [3.05, 3.63) is 101 Å². The molecule has 0 spiro atoms. The average molecular weight is 508 g/mol. The molecule has 38 heavy (non-hydrogen) atoms. The van der Waals surface area contributed by atoms with E-state index in [1.54, 1.807) is 7.11 Å². The van der Waals surface area contributed by atoms with Crippen LogP contribution in [0.5, 0.6) is 5.75 Å². The van der Waals surface area contributed by atoms with Crippen molar-refractivity contribution < 1.29 is 9.53 Å². The lowest BCUT2D eigenvalue weighted by Gasteiger charge is -2.36. The second-order valence-corrected chi connectivity index (χ2v) is 9.60. The van der Waals surface area contributed by atoms with Crippen molar-refractivity contribution in [3.63, 3.8) is 0 Å². The Morgan fingerprint density at radius 3 is 2.39 bits per heavy atom. The molecule has 2 heterocycles. The van der Waals surface area contributed by atoms with E-state index in [4.69, 9.17) is 14.7 Å². The van der Waals surface area contributed by atoms with Gasteiger partial charge in [-0.05, 0) is 37.6 Å². The van der Waals surface area contributed by atoms with Crippen molar-refractivity contribution in [1.29, 1.82) is 0 Å². The Morgan fingerprint density at radius 2 is 1.66 bits per heavy atom. The van der Waals surface area contributed by atoms with E-state index >= 15 is 0 Å². The number of hydrogen-bond donors (Lipinski definition) is 1. The molecular formula is C31H33N5O2. The first kappa shape index (κ1) is 25.3. The first-order valence-corrected chi connectivity index (χ1v) is 12.9. The van der Waals surface area contributed by atoms with Gasteiger partial charge in [-0.1, -0.05) is 60.2 Å². The van der Waals surface area contributed by atoms with Gasteiger partial charge >= 0.3 is 6.03 Å². The summed E-state index contributed by atoms with van der Waals surface area (Å²) in [5.41, 5.74) is 6.23. The summed E-state index contributed by atoms with van der Waals surface area (Å²) in [6.45, 7) is 6.73. The summed E-state index contributed by atoms with van der Waals surface area (Å²) in [6.07, 6.45) is 0.757. The number of amides is 2. The van der Waals surface area contributed by atoms with Crippen LogP contribution < -0.4 is 15.0 Å². The Labute approximate surface area is 224 Å². The maximum atomic E-state index is 13.0.